The van der Waals surface area contributed by atoms with E-state index in [2.05, 4.69) is 0 Å². The fraction of sp³-hybridized carbons (Fsp3) is 0.0526. The van der Waals surface area contributed by atoms with Crippen LogP contribution in [0, 0.1) is 0 Å². The van der Waals surface area contributed by atoms with Crippen LogP contribution >= 0.6 is 23.0 Å². The summed E-state index contributed by atoms with van der Waals surface area (Å²) in [6.45, 7) is 0. The van der Waals surface area contributed by atoms with Crippen molar-refractivity contribution in [3.8, 4) is 5.75 Å². The standard InChI is InChI=1S/C19H18IN2O2/c1-23-22(15-7-3-2-4-8-15,19-10-6-5-9-18(19)21)16-11-13-17(24-20)14-12-16/h2-14H,21H2,1H3/q+1. The average molecular weight is 433 g/mol. The summed E-state index contributed by atoms with van der Waals surface area (Å²) in [6.07, 6.45) is 0. The second-order valence-corrected chi connectivity index (χ2v) is 5.70. The fourth-order valence-electron chi connectivity index (χ4n) is 2.86. The minimum absolute atomic E-state index is 0.0645. The van der Waals surface area contributed by atoms with Crippen molar-refractivity contribution in [1.29, 1.82) is 0 Å². The summed E-state index contributed by atoms with van der Waals surface area (Å²) in [5, 5.41) is 0. The molecule has 0 fully saturated rings. The first-order valence-electron chi connectivity index (χ1n) is 7.47. The molecule has 5 heteroatoms. The summed E-state index contributed by atoms with van der Waals surface area (Å²) in [5.41, 5.74) is 9.70. The number of nitrogen functional groups attached to an aromatic ring is 1. The van der Waals surface area contributed by atoms with Gasteiger partial charge >= 0.3 is 0 Å². The molecule has 0 radical (unpaired) electrons. The molecule has 1 atom stereocenters. The molecule has 0 saturated carbocycles. The van der Waals surface area contributed by atoms with Crippen LogP contribution in [0.2, 0.25) is 0 Å². The molecule has 0 aliphatic carbocycles. The van der Waals surface area contributed by atoms with Crippen LogP contribution in [0.3, 0.4) is 0 Å². The van der Waals surface area contributed by atoms with Crippen LogP contribution < -0.4 is 13.4 Å². The van der Waals surface area contributed by atoms with Crippen molar-refractivity contribution in [2.24, 2.45) is 0 Å². The zero-order chi connectivity index (χ0) is 17.0. The lowest BCUT2D eigenvalue weighted by Gasteiger charge is -2.33. The number of hydrogen-bond acceptors (Lipinski definition) is 3. The number of quaternary nitrogens is 1. The summed E-state index contributed by atoms with van der Waals surface area (Å²) < 4.78 is 5.31. The Bertz CT molecular complexity index is 809. The molecule has 3 aromatic carbocycles. The van der Waals surface area contributed by atoms with E-state index in [1.165, 1.54) is 0 Å². The van der Waals surface area contributed by atoms with Gasteiger partial charge in [0.1, 0.15) is 5.75 Å². The molecule has 122 valence electrons. The number of halogens is 1. The van der Waals surface area contributed by atoms with Crippen molar-refractivity contribution in [3.05, 3.63) is 78.9 Å². The number of rotatable bonds is 5. The third-order valence-corrected chi connectivity index (χ3v) is 4.47. The molecule has 4 nitrogen and oxygen atoms in total. The first-order chi connectivity index (χ1) is 11.7. The first-order valence-corrected chi connectivity index (χ1v) is 8.35. The summed E-state index contributed by atoms with van der Waals surface area (Å²) in [6, 6.07) is 25.5. The summed E-state index contributed by atoms with van der Waals surface area (Å²) in [4.78, 5) is 6.07. The molecule has 0 aliphatic rings. The minimum Gasteiger partial charge on any atom is -0.428 e. The number of benzene rings is 3. The Morgan fingerprint density at radius 1 is 0.792 bits per heavy atom. The molecule has 0 saturated heterocycles. The molecule has 2 N–H and O–H groups in total. The monoisotopic (exact) mass is 433 g/mol. The van der Waals surface area contributed by atoms with Crippen molar-refractivity contribution in [2.45, 2.75) is 0 Å². The van der Waals surface area contributed by atoms with Gasteiger partial charge in [0.25, 0.3) is 0 Å². The Morgan fingerprint density at radius 2 is 1.38 bits per heavy atom. The van der Waals surface area contributed by atoms with E-state index in [0.717, 1.165) is 22.8 Å². The second kappa shape index (κ2) is 7.21. The van der Waals surface area contributed by atoms with Crippen molar-refractivity contribution in [2.75, 3.05) is 12.8 Å². The van der Waals surface area contributed by atoms with Gasteiger partial charge in [0.05, 0.1) is 12.8 Å². The largest absolute Gasteiger partial charge is 0.428 e. The highest BCUT2D eigenvalue weighted by atomic mass is 127. The molecule has 0 spiro atoms. The third-order valence-electron chi connectivity index (χ3n) is 3.96. The zero-order valence-electron chi connectivity index (χ0n) is 13.2. The Hall–Kier alpha value is -2.09. The van der Waals surface area contributed by atoms with Gasteiger partial charge in [0.2, 0.25) is 0 Å². The predicted molar refractivity (Wildman–Crippen MR) is 107 cm³/mol. The van der Waals surface area contributed by atoms with Gasteiger partial charge in [-0.3, -0.25) is 0 Å². The molecule has 1 unspecified atom stereocenters. The Balaban J connectivity index is 2.29. The van der Waals surface area contributed by atoms with Crippen LogP contribution in [0.1, 0.15) is 0 Å². The van der Waals surface area contributed by atoms with E-state index in [9.17, 15) is 0 Å². The molecule has 0 bridgehead atoms. The summed E-state index contributed by atoms with van der Waals surface area (Å²) >= 11 is 1.87. The number of para-hydroxylation sites is 3. The van der Waals surface area contributed by atoms with Crippen LogP contribution in [0.5, 0.6) is 5.75 Å². The van der Waals surface area contributed by atoms with Crippen LogP contribution in [-0.4, -0.2) is 7.11 Å². The number of hydrogen-bond donors (Lipinski definition) is 1. The smallest absolute Gasteiger partial charge is 0.199 e. The number of anilines is 1. The maximum Gasteiger partial charge on any atom is 0.199 e. The second-order valence-electron chi connectivity index (χ2n) is 5.26. The number of nitrogens with zero attached hydrogens (tertiary/aromatic N) is 1. The van der Waals surface area contributed by atoms with Crippen molar-refractivity contribution in [3.63, 3.8) is 0 Å². The van der Waals surface area contributed by atoms with Gasteiger partial charge in [-0.2, -0.15) is 4.84 Å². The molecular weight excluding hydrogens is 415 g/mol. The maximum absolute atomic E-state index is 6.29. The van der Waals surface area contributed by atoms with E-state index in [-0.39, 0.29) is 4.65 Å². The van der Waals surface area contributed by atoms with E-state index in [0.29, 0.717) is 5.69 Å². The highest BCUT2D eigenvalue weighted by Crippen LogP contribution is 2.46. The number of nitrogens with two attached hydrogens (primary N) is 1. The van der Waals surface area contributed by atoms with E-state index in [1.807, 2.05) is 102 Å². The van der Waals surface area contributed by atoms with Gasteiger partial charge in [-0.15, -0.1) is 0 Å². The predicted octanol–water partition coefficient (Wildman–Crippen LogP) is 5.53. The molecule has 3 rings (SSSR count). The summed E-state index contributed by atoms with van der Waals surface area (Å²) in [7, 11) is 1.68. The quantitative estimate of drug-likeness (QED) is 0.249. The molecule has 0 aliphatic heterocycles. The molecule has 0 amide bonds. The normalized spacial score (nSPS) is 13.2. The lowest BCUT2D eigenvalue weighted by atomic mass is 10.1. The van der Waals surface area contributed by atoms with Crippen LogP contribution in [0.15, 0.2) is 78.9 Å². The van der Waals surface area contributed by atoms with Gasteiger partial charge in [-0.05, 0) is 18.2 Å². The van der Waals surface area contributed by atoms with Gasteiger partial charge < -0.3 is 8.80 Å². The van der Waals surface area contributed by atoms with Crippen molar-refractivity contribution < 1.29 is 7.90 Å². The minimum atomic E-state index is 0.0645. The molecule has 0 heterocycles. The van der Waals surface area contributed by atoms with Gasteiger partial charge in [0.15, 0.2) is 40.1 Å². The van der Waals surface area contributed by atoms with E-state index in [4.69, 9.17) is 13.6 Å². The average Bonchev–Trinajstić information content (AvgIpc) is 2.65. The molecular formula is C19H18IN2O2+. The van der Waals surface area contributed by atoms with Crippen molar-refractivity contribution in [1.82, 2.24) is 4.65 Å². The molecule has 0 aromatic heterocycles. The summed E-state index contributed by atoms with van der Waals surface area (Å²) in [5.74, 6) is 0.780. The molecule has 3 aromatic rings. The Kier molecular flexibility index (Phi) is 5.03. The highest BCUT2D eigenvalue weighted by molar-refractivity contribution is 14.1. The maximum atomic E-state index is 6.29. The van der Waals surface area contributed by atoms with E-state index < -0.39 is 0 Å². The molecule has 24 heavy (non-hydrogen) atoms. The van der Waals surface area contributed by atoms with Crippen LogP contribution in [0.25, 0.3) is 0 Å². The highest BCUT2D eigenvalue weighted by Gasteiger charge is 2.39. The third kappa shape index (κ3) is 2.86. The van der Waals surface area contributed by atoms with Gasteiger partial charge in [-0.25, -0.2) is 0 Å². The zero-order valence-corrected chi connectivity index (χ0v) is 15.4. The topological polar surface area (TPSA) is 44.5 Å². The fourth-order valence-corrected chi connectivity index (χ4v) is 3.15. The van der Waals surface area contributed by atoms with Crippen LogP contribution in [0.4, 0.5) is 22.7 Å². The van der Waals surface area contributed by atoms with Gasteiger partial charge in [0, 0.05) is 30.3 Å². The lowest BCUT2D eigenvalue weighted by Crippen LogP contribution is -2.38. The first kappa shape index (κ1) is 16.8. The van der Waals surface area contributed by atoms with Gasteiger partial charge in [-0.1, -0.05) is 35.0 Å². The lowest BCUT2D eigenvalue weighted by molar-refractivity contribution is -0.0212. The van der Waals surface area contributed by atoms with Crippen LogP contribution in [-0.2, 0) is 4.84 Å². The van der Waals surface area contributed by atoms with E-state index >= 15 is 0 Å². The van der Waals surface area contributed by atoms with E-state index in [1.54, 1.807) is 7.11 Å². The van der Waals surface area contributed by atoms with Crippen molar-refractivity contribution >= 4 is 45.8 Å². The Labute approximate surface area is 155 Å². The SMILES string of the molecule is CO[N+](c1ccccc1)(c1ccc(OI)cc1)c1ccccc1N. The Morgan fingerprint density at radius 3 is 1.96 bits per heavy atom.